The van der Waals surface area contributed by atoms with Crippen LogP contribution in [0.4, 0.5) is 0 Å². The molecular formula is C15H28N2O3. The maximum atomic E-state index is 12.1. The molecule has 116 valence electrons. The molecule has 5 nitrogen and oxygen atoms in total. The molecule has 1 atom stereocenters. The zero-order valence-corrected chi connectivity index (χ0v) is 12.8. The molecule has 0 aromatic heterocycles. The molecular weight excluding hydrogens is 256 g/mol. The number of carbonyl (C=O) groups excluding carboxylic acids is 1. The van der Waals surface area contributed by atoms with Gasteiger partial charge >= 0.3 is 0 Å². The van der Waals surface area contributed by atoms with Crippen molar-refractivity contribution in [2.24, 2.45) is 0 Å². The van der Waals surface area contributed by atoms with Crippen LogP contribution in [-0.2, 0) is 14.3 Å². The number of rotatable bonds is 5. The first-order chi connectivity index (χ1) is 9.65. The SMILES string of the molecule is CC(C)OCC(=O)N1CCCN(CC2CCCO2)CC1. The molecule has 0 spiro atoms. The second-order valence-corrected chi connectivity index (χ2v) is 6.03. The maximum Gasteiger partial charge on any atom is 0.248 e. The number of hydrogen-bond donors (Lipinski definition) is 0. The second-order valence-electron chi connectivity index (χ2n) is 6.03. The van der Waals surface area contributed by atoms with Gasteiger partial charge in [-0.25, -0.2) is 0 Å². The Bertz CT molecular complexity index is 303. The predicted octanol–water partition coefficient (Wildman–Crippen LogP) is 1.12. The fourth-order valence-corrected chi connectivity index (χ4v) is 2.81. The minimum atomic E-state index is 0.113. The molecule has 0 radical (unpaired) electrons. The van der Waals surface area contributed by atoms with Gasteiger partial charge in [0, 0.05) is 32.8 Å². The second kappa shape index (κ2) is 7.96. The molecule has 2 saturated heterocycles. The van der Waals surface area contributed by atoms with E-state index in [1.807, 2.05) is 18.7 Å². The highest BCUT2D eigenvalue weighted by molar-refractivity contribution is 5.77. The van der Waals surface area contributed by atoms with Crippen LogP contribution in [0.15, 0.2) is 0 Å². The first-order valence-corrected chi connectivity index (χ1v) is 7.88. The highest BCUT2D eigenvalue weighted by Crippen LogP contribution is 2.14. The van der Waals surface area contributed by atoms with Gasteiger partial charge in [-0.3, -0.25) is 9.69 Å². The molecule has 0 aromatic rings. The molecule has 2 fully saturated rings. The largest absolute Gasteiger partial charge is 0.377 e. The number of amides is 1. The maximum absolute atomic E-state index is 12.1. The van der Waals surface area contributed by atoms with Crippen LogP contribution < -0.4 is 0 Å². The summed E-state index contributed by atoms with van der Waals surface area (Å²) in [6, 6.07) is 0. The molecule has 20 heavy (non-hydrogen) atoms. The van der Waals surface area contributed by atoms with Crippen molar-refractivity contribution in [3.63, 3.8) is 0 Å². The van der Waals surface area contributed by atoms with E-state index in [2.05, 4.69) is 4.90 Å². The first-order valence-electron chi connectivity index (χ1n) is 7.88. The van der Waals surface area contributed by atoms with Gasteiger partial charge in [0.25, 0.3) is 0 Å². The summed E-state index contributed by atoms with van der Waals surface area (Å²) in [5.41, 5.74) is 0. The molecule has 2 rings (SSSR count). The molecule has 5 heteroatoms. The smallest absolute Gasteiger partial charge is 0.248 e. The van der Waals surface area contributed by atoms with Crippen LogP contribution in [0, 0.1) is 0 Å². The number of carbonyl (C=O) groups is 1. The van der Waals surface area contributed by atoms with Gasteiger partial charge in [0.1, 0.15) is 6.61 Å². The van der Waals surface area contributed by atoms with Crippen molar-refractivity contribution in [3.8, 4) is 0 Å². The third-order valence-electron chi connectivity index (χ3n) is 3.97. The average molecular weight is 284 g/mol. The summed E-state index contributed by atoms with van der Waals surface area (Å²) in [5, 5.41) is 0. The summed E-state index contributed by atoms with van der Waals surface area (Å²) in [5.74, 6) is 0.123. The molecule has 0 aliphatic carbocycles. The van der Waals surface area contributed by atoms with Crippen LogP contribution in [0.3, 0.4) is 0 Å². The molecule has 0 saturated carbocycles. The first kappa shape index (κ1) is 15.7. The van der Waals surface area contributed by atoms with Gasteiger partial charge in [0.05, 0.1) is 12.2 Å². The van der Waals surface area contributed by atoms with Crippen molar-refractivity contribution >= 4 is 5.91 Å². The summed E-state index contributed by atoms with van der Waals surface area (Å²) in [6.07, 6.45) is 3.93. The normalized spacial score (nSPS) is 25.1. The highest BCUT2D eigenvalue weighted by atomic mass is 16.5. The van der Waals surface area contributed by atoms with E-state index in [1.54, 1.807) is 0 Å². The van der Waals surface area contributed by atoms with E-state index < -0.39 is 0 Å². The lowest BCUT2D eigenvalue weighted by molar-refractivity contribution is -0.137. The fourth-order valence-electron chi connectivity index (χ4n) is 2.81. The number of ether oxygens (including phenoxy) is 2. The van der Waals surface area contributed by atoms with Gasteiger partial charge in [-0.2, -0.15) is 0 Å². The molecule has 1 amide bonds. The van der Waals surface area contributed by atoms with Crippen LogP contribution in [0.25, 0.3) is 0 Å². The Morgan fingerprint density at radius 3 is 2.80 bits per heavy atom. The predicted molar refractivity (Wildman–Crippen MR) is 77.7 cm³/mol. The molecule has 2 heterocycles. The monoisotopic (exact) mass is 284 g/mol. The van der Waals surface area contributed by atoms with Gasteiger partial charge in [-0.05, 0) is 39.7 Å². The van der Waals surface area contributed by atoms with E-state index in [0.717, 1.165) is 45.8 Å². The Balaban J connectivity index is 1.72. The zero-order valence-electron chi connectivity index (χ0n) is 12.8. The van der Waals surface area contributed by atoms with Gasteiger partial charge in [0.15, 0.2) is 0 Å². The topological polar surface area (TPSA) is 42.0 Å². The Hall–Kier alpha value is -0.650. The third kappa shape index (κ3) is 5.04. The van der Waals surface area contributed by atoms with Crippen molar-refractivity contribution in [1.29, 1.82) is 0 Å². The number of nitrogens with zero attached hydrogens (tertiary/aromatic N) is 2. The van der Waals surface area contributed by atoms with Crippen molar-refractivity contribution in [1.82, 2.24) is 9.80 Å². The number of hydrogen-bond acceptors (Lipinski definition) is 4. The summed E-state index contributed by atoms with van der Waals surface area (Å²) in [4.78, 5) is 16.4. The van der Waals surface area contributed by atoms with Crippen molar-refractivity contribution < 1.29 is 14.3 Å². The van der Waals surface area contributed by atoms with Gasteiger partial charge < -0.3 is 14.4 Å². The van der Waals surface area contributed by atoms with Gasteiger partial charge in [-0.1, -0.05) is 0 Å². The summed E-state index contributed by atoms with van der Waals surface area (Å²) in [6.45, 7) is 9.74. The van der Waals surface area contributed by atoms with E-state index in [1.165, 1.54) is 12.8 Å². The van der Waals surface area contributed by atoms with Crippen molar-refractivity contribution in [2.75, 3.05) is 45.9 Å². The molecule has 0 bridgehead atoms. The molecule has 0 aromatic carbocycles. The average Bonchev–Trinajstić information content (AvgIpc) is 2.81. The molecule has 2 aliphatic heterocycles. The summed E-state index contributed by atoms with van der Waals surface area (Å²) >= 11 is 0. The zero-order chi connectivity index (χ0) is 14.4. The Morgan fingerprint density at radius 1 is 1.25 bits per heavy atom. The third-order valence-corrected chi connectivity index (χ3v) is 3.97. The minimum Gasteiger partial charge on any atom is -0.377 e. The fraction of sp³-hybridized carbons (Fsp3) is 0.933. The lowest BCUT2D eigenvalue weighted by Gasteiger charge is -2.24. The van der Waals surface area contributed by atoms with Crippen molar-refractivity contribution in [3.05, 3.63) is 0 Å². The quantitative estimate of drug-likeness (QED) is 0.759. The van der Waals surface area contributed by atoms with Crippen molar-refractivity contribution in [2.45, 2.75) is 45.3 Å². The van der Waals surface area contributed by atoms with E-state index in [-0.39, 0.29) is 18.6 Å². The van der Waals surface area contributed by atoms with E-state index in [0.29, 0.717) is 6.10 Å². The molecule has 2 aliphatic rings. The van der Waals surface area contributed by atoms with Gasteiger partial charge in [-0.15, -0.1) is 0 Å². The summed E-state index contributed by atoms with van der Waals surface area (Å²) in [7, 11) is 0. The van der Waals surface area contributed by atoms with Crippen LogP contribution in [0.2, 0.25) is 0 Å². The van der Waals surface area contributed by atoms with Gasteiger partial charge in [0.2, 0.25) is 5.91 Å². The van der Waals surface area contributed by atoms with E-state index >= 15 is 0 Å². The van der Waals surface area contributed by atoms with Crippen LogP contribution in [-0.4, -0.2) is 73.9 Å². The summed E-state index contributed by atoms with van der Waals surface area (Å²) < 4.78 is 11.1. The Morgan fingerprint density at radius 2 is 2.10 bits per heavy atom. The lowest BCUT2D eigenvalue weighted by atomic mass is 10.2. The Labute approximate surface area is 122 Å². The van der Waals surface area contributed by atoms with Crippen LogP contribution >= 0.6 is 0 Å². The molecule has 1 unspecified atom stereocenters. The highest BCUT2D eigenvalue weighted by Gasteiger charge is 2.23. The van der Waals surface area contributed by atoms with Crippen LogP contribution in [0.5, 0.6) is 0 Å². The van der Waals surface area contributed by atoms with Crippen LogP contribution in [0.1, 0.15) is 33.1 Å². The standard InChI is InChI=1S/C15H28N2O3/c1-13(2)20-12-15(18)17-7-4-6-16(8-9-17)11-14-5-3-10-19-14/h13-14H,3-12H2,1-2H3. The van der Waals surface area contributed by atoms with E-state index in [4.69, 9.17) is 9.47 Å². The Kier molecular flexibility index (Phi) is 6.26. The van der Waals surface area contributed by atoms with E-state index in [9.17, 15) is 4.79 Å². The lowest BCUT2D eigenvalue weighted by Crippen LogP contribution is -2.39. The minimum absolute atomic E-state index is 0.113. The molecule has 0 N–H and O–H groups in total.